The summed E-state index contributed by atoms with van der Waals surface area (Å²) in [6, 6.07) is 17.3. The van der Waals surface area contributed by atoms with E-state index in [2.05, 4.69) is 9.82 Å². The predicted molar refractivity (Wildman–Crippen MR) is 121 cm³/mol. The molecule has 4 rings (SSSR count). The molecule has 9 heteroatoms. The van der Waals surface area contributed by atoms with Gasteiger partial charge >= 0.3 is 5.91 Å². The molecule has 1 amide bonds. The number of anilines is 1. The molecule has 0 saturated heterocycles. The van der Waals surface area contributed by atoms with Gasteiger partial charge in [0.1, 0.15) is 5.75 Å². The number of carbonyl (C=O) groups excluding carboxylic acids is 1. The first-order valence-electron chi connectivity index (χ1n) is 10.1. The average molecular weight is 454 g/mol. The van der Waals surface area contributed by atoms with E-state index < -0.39 is 10.0 Å². The monoisotopic (exact) mass is 453 g/mol. The summed E-state index contributed by atoms with van der Waals surface area (Å²) in [5.41, 5.74) is 2.49. The van der Waals surface area contributed by atoms with E-state index >= 15 is 0 Å². The Hall–Kier alpha value is -3.59. The second-order valence-corrected chi connectivity index (χ2v) is 9.06. The number of carbonyl (C=O) groups is 1. The number of hydrogen-bond acceptors (Lipinski definition) is 6. The van der Waals surface area contributed by atoms with Gasteiger partial charge in [-0.2, -0.15) is 5.10 Å². The van der Waals surface area contributed by atoms with E-state index in [0.29, 0.717) is 30.0 Å². The van der Waals surface area contributed by atoms with Crippen LogP contribution in [0.1, 0.15) is 41.1 Å². The second-order valence-electron chi connectivity index (χ2n) is 7.32. The second kappa shape index (κ2) is 8.88. The number of rotatable bonds is 7. The van der Waals surface area contributed by atoms with E-state index in [1.807, 2.05) is 31.2 Å². The highest BCUT2D eigenvalue weighted by Gasteiger charge is 2.35. The molecule has 2 aromatic carbocycles. The molecule has 0 bridgehead atoms. The van der Waals surface area contributed by atoms with Crippen molar-refractivity contribution in [3.05, 3.63) is 83.8 Å². The van der Waals surface area contributed by atoms with E-state index in [1.54, 1.807) is 36.4 Å². The van der Waals surface area contributed by atoms with Gasteiger partial charge in [0.25, 0.3) is 0 Å². The minimum Gasteiger partial charge on any atom is -0.494 e. The minimum atomic E-state index is -3.48. The van der Waals surface area contributed by atoms with Crippen molar-refractivity contribution in [2.75, 3.05) is 17.6 Å². The molecule has 1 aliphatic heterocycles. The largest absolute Gasteiger partial charge is 0.494 e. The standard InChI is InChI=1S/C23H23N3O5S/c1-3-30-17-12-10-16(11-13-17)21-15-20(24-26(21)23(27)22-9-6-14-31-22)18-7-4-5-8-19(18)25-32(2,28)29/h4-14,21,25H,3,15H2,1-2H3/t21-/m1/s1. The molecule has 1 N–H and O–H groups in total. The Labute approximate surface area is 186 Å². The molecule has 2 heterocycles. The quantitative estimate of drug-likeness (QED) is 0.582. The summed E-state index contributed by atoms with van der Waals surface area (Å²) in [5.74, 6) is 0.535. The van der Waals surface area contributed by atoms with Crippen LogP contribution in [0.2, 0.25) is 0 Å². The fourth-order valence-corrected chi connectivity index (χ4v) is 4.19. The number of benzene rings is 2. The van der Waals surface area contributed by atoms with Gasteiger partial charge in [0.05, 0.1) is 36.6 Å². The molecule has 0 unspecified atom stereocenters. The molecule has 0 saturated carbocycles. The van der Waals surface area contributed by atoms with Crippen LogP contribution in [-0.4, -0.2) is 37.9 Å². The zero-order valence-corrected chi connectivity index (χ0v) is 18.5. The first-order chi connectivity index (χ1) is 15.4. The van der Waals surface area contributed by atoms with E-state index in [1.165, 1.54) is 11.3 Å². The Morgan fingerprint density at radius 3 is 2.56 bits per heavy atom. The van der Waals surface area contributed by atoms with Gasteiger partial charge in [-0.3, -0.25) is 9.52 Å². The van der Waals surface area contributed by atoms with Gasteiger partial charge in [0.2, 0.25) is 10.0 Å². The highest BCUT2D eigenvalue weighted by atomic mass is 32.2. The molecule has 0 radical (unpaired) electrons. The highest BCUT2D eigenvalue weighted by molar-refractivity contribution is 7.92. The summed E-state index contributed by atoms with van der Waals surface area (Å²) in [6.45, 7) is 2.47. The summed E-state index contributed by atoms with van der Waals surface area (Å²) < 4.78 is 37.0. The van der Waals surface area contributed by atoms with Gasteiger partial charge in [-0.15, -0.1) is 0 Å². The van der Waals surface area contributed by atoms with Crippen LogP contribution < -0.4 is 9.46 Å². The maximum atomic E-state index is 13.1. The fourth-order valence-electron chi connectivity index (χ4n) is 3.61. The van der Waals surface area contributed by atoms with Crippen molar-refractivity contribution < 1.29 is 22.4 Å². The Morgan fingerprint density at radius 2 is 1.91 bits per heavy atom. The van der Waals surface area contributed by atoms with Crippen LogP contribution in [0.25, 0.3) is 0 Å². The lowest BCUT2D eigenvalue weighted by atomic mass is 9.97. The smallest absolute Gasteiger partial charge is 0.310 e. The molecule has 1 aromatic heterocycles. The van der Waals surface area contributed by atoms with Crippen molar-refractivity contribution in [3.8, 4) is 5.75 Å². The van der Waals surface area contributed by atoms with Crippen LogP contribution in [0.3, 0.4) is 0 Å². The van der Waals surface area contributed by atoms with E-state index in [9.17, 15) is 13.2 Å². The Morgan fingerprint density at radius 1 is 1.16 bits per heavy atom. The summed E-state index contributed by atoms with van der Waals surface area (Å²) in [7, 11) is -3.48. The van der Waals surface area contributed by atoms with Gasteiger partial charge in [-0.1, -0.05) is 30.3 Å². The summed E-state index contributed by atoms with van der Waals surface area (Å²) in [4.78, 5) is 13.1. The lowest BCUT2D eigenvalue weighted by molar-refractivity contribution is 0.0678. The third-order valence-electron chi connectivity index (χ3n) is 4.96. The van der Waals surface area contributed by atoms with Crippen LogP contribution in [0.15, 0.2) is 76.4 Å². The fraction of sp³-hybridized carbons (Fsp3) is 0.217. The third-order valence-corrected chi connectivity index (χ3v) is 5.55. The van der Waals surface area contributed by atoms with Crippen molar-refractivity contribution in [1.29, 1.82) is 0 Å². The van der Waals surface area contributed by atoms with Crippen molar-refractivity contribution in [2.45, 2.75) is 19.4 Å². The first-order valence-corrected chi connectivity index (χ1v) is 12.0. The molecule has 8 nitrogen and oxygen atoms in total. The molecular formula is C23H23N3O5S. The molecule has 1 atom stereocenters. The molecule has 166 valence electrons. The highest BCUT2D eigenvalue weighted by Crippen LogP contribution is 2.36. The normalized spacial score (nSPS) is 16.0. The topological polar surface area (TPSA) is 101 Å². The number of hydrazone groups is 1. The van der Waals surface area contributed by atoms with Crippen LogP contribution in [0, 0.1) is 0 Å². The van der Waals surface area contributed by atoms with Crippen molar-refractivity contribution in [3.63, 3.8) is 0 Å². The molecule has 32 heavy (non-hydrogen) atoms. The maximum Gasteiger partial charge on any atom is 0.310 e. The van der Waals surface area contributed by atoms with Gasteiger partial charge < -0.3 is 9.15 Å². The van der Waals surface area contributed by atoms with E-state index in [4.69, 9.17) is 9.15 Å². The van der Waals surface area contributed by atoms with Crippen molar-refractivity contribution in [2.24, 2.45) is 5.10 Å². The van der Waals surface area contributed by atoms with Gasteiger partial charge in [-0.25, -0.2) is 13.4 Å². The number of furan rings is 1. The number of sulfonamides is 1. The van der Waals surface area contributed by atoms with Crippen molar-refractivity contribution >= 4 is 27.3 Å². The van der Waals surface area contributed by atoms with E-state index in [-0.39, 0.29) is 17.7 Å². The van der Waals surface area contributed by atoms with Crippen LogP contribution in [0.4, 0.5) is 5.69 Å². The molecular weight excluding hydrogens is 430 g/mol. The van der Waals surface area contributed by atoms with Crippen molar-refractivity contribution in [1.82, 2.24) is 5.01 Å². The summed E-state index contributed by atoms with van der Waals surface area (Å²) in [5, 5.41) is 5.99. The first kappa shape index (κ1) is 21.6. The van der Waals surface area contributed by atoms with Gasteiger partial charge in [0, 0.05) is 12.0 Å². The number of hydrogen-bond donors (Lipinski definition) is 1. The number of ether oxygens (including phenoxy) is 1. The Kier molecular flexibility index (Phi) is 6.00. The SMILES string of the molecule is CCOc1ccc([C@H]2CC(c3ccccc3NS(C)(=O)=O)=NN2C(=O)c2ccco2)cc1. The third kappa shape index (κ3) is 4.67. The van der Waals surface area contributed by atoms with Crippen LogP contribution in [0.5, 0.6) is 5.75 Å². The minimum absolute atomic E-state index is 0.175. The number of amides is 1. The Bertz CT molecular complexity index is 1230. The number of nitrogens with zero attached hydrogens (tertiary/aromatic N) is 2. The maximum absolute atomic E-state index is 13.1. The number of para-hydroxylation sites is 1. The molecule has 0 fully saturated rings. The van der Waals surface area contributed by atoms with Gasteiger partial charge in [0.15, 0.2) is 5.76 Å². The summed E-state index contributed by atoms with van der Waals surface area (Å²) >= 11 is 0. The lowest BCUT2D eigenvalue weighted by Gasteiger charge is -2.21. The Balaban J connectivity index is 1.72. The average Bonchev–Trinajstić information content (AvgIpc) is 3.44. The molecule has 0 aliphatic carbocycles. The zero-order valence-electron chi connectivity index (χ0n) is 17.7. The van der Waals surface area contributed by atoms with Gasteiger partial charge in [-0.05, 0) is 42.8 Å². The predicted octanol–water partition coefficient (Wildman–Crippen LogP) is 4.04. The van der Waals surface area contributed by atoms with Crippen LogP contribution >= 0.6 is 0 Å². The summed E-state index contributed by atoms with van der Waals surface area (Å²) in [6.07, 6.45) is 2.93. The molecule has 1 aliphatic rings. The van der Waals surface area contributed by atoms with E-state index in [0.717, 1.165) is 17.6 Å². The molecule has 3 aromatic rings. The number of nitrogens with one attached hydrogen (secondary N) is 1. The molecule has 0 spiro atoms. The zero-order chi connectivity index (χ0) is 22.7. The van der Waals surface area contributed by atoms with Crippen LogP contribution in [-0.2, 0) is 10.0 Å². The lowest BCUT2D eigenvalue weighted by Crippen LogP contribution is -2.26.